The van der Waals surface area contributed by atoms with Gasteiger partial charge in [0.05, 0.1) is 6.54 Å². The molecule has 0 spiro atoms. The molecule has 1 heteroatoms. The highest BCUT2D eigenvalue weighted by Gasteiger charge is 2.28. The summed E-state index contributed by atoms with van der Waals surface area (Å²) in [5, 5.41) is 0. The van der Waals surface area contributed by atoms with Crippen LogP contribution in [0.25, 0.3) is 0 Å². The fourth-order valence-electron chi connectivity index (χ4n) is 5.12. The van der Waals surface area contributed by atoms with Crippen LogP contribution in [0.1, 0.15) is 81.4 Å². The standard InChI is InChI=1S/C34H46N/c1-2-3-4-5-6-7-8-9-10-11-21-28-35(29-32-22-15-12-16-23-32,30-33-24-17-13-18-25-33)31-34-26-19-14-20-27-34/h10-20,22-27H,2-9,21,28-31H2,1H3/q+1/b11-10+. The second-order valence-electron chi connectivity index (χ2n) is 10.2. The molecule has 0 heterocycles. The Bertz CT molecular complexity index is 829. The highest BCUT2D eigenvalue weighted by atomic mass is 15.3. The van der Waals surface area contributed by atoms with Gasteiger partial charge in [-0.3, -0.25) is 0 Å². The third-order valence-corrected chi connectivity index (χ3v) is 6.99. The maximum absolute atomic E-state index is 2.45. The monoisotopic (exact) mass is 468 g/mol. The summed E-state index contributed by atoms with van der Waals surface area (Å²) >= 11 is 0. The van der Waals surface area contributed by atoms with Crippen LogP contribution in [0.2, 0.25) is 0 Å². The van der Waals surface area contributed by atoms with E-state index in [4.69, 9.17) is 0 Å². The zero-order valence-corrected chi connectivity index (χ0v) is 22.0. The molecular formula is C34H46N+. The molecule has 0 radical (unpaired) electrons. The van der Waals surface area contributed by atoms with Gasteiger partial charge in [-0.1, -0.05) is 149 Å². The zero-order valence-electron chi connectivity index (χ0n) is 22.0. The minimum absolute atomic E-state index is 1.04. The van der Waals surface area contributed by atoms with Gasteiger partial charge in [0.1, 0.15) is 19.6 Å². The van der Waals surface area contributed by atoms with E-state index in [0.717, 1.165) is 37.1 Å². The van der Waals surface area contributed by atoms with Crippen LogP contribution < -0.4 is 0 Å². The lowest BCUT2D eigenvalue weighted by atomic mass is 10.1. The fourth-order valence-corrected chi connectivity index (χ4v) is 5.12. The van der Waals surface area contributed by atoms with Crippen LogP contribution in [0.3, 0.4) is 0 Å². The number of unbranched alkanes of at least 4 members (excludes halogenated alkanes) is 7. The van der Waals surface area contributed by atoms with Gasteiger partial charge in [0.2, 0.25) is 0 Å². The Morgan fingerprint density at radius 2 is 0.886 bits per heavy atom. The third-order valence-electron chi connectivity index (χ3n) is 6.99. The number of allylic oxidation sites excluding steroid dienone is 1. The summed E-state index contributed by atoms with van der Waals surface area (Å²) in [5.74, 6) is 0. The summed E-state index contributed by atoms with van der Waals surface area (Å²) in [6.07, 6.45) is 16.9. The lowest BCUT2D eigenvalue weighted by Gasteiger charge is -2.39. The molecule has 3 aromatic rings. The Morgan fingerprint density at radius 3 is 1.34 bits per heavy atom. The molecule has 0 aromatic heterocycles. The topological polar surface area (TPSA) is 0 Å². The normalized spacial score (nSPS) is 11.8. The van der Waals surface area contributed by atoms with Gasteiger partial charge in [0, 0.05) is 23.1 Å². The molecule has 0 atom stereocenters. The van der Waals surface area contributed by atoms with Gasteiger partial charge in [0.25, 0.3) is 0 Å². The second kappa shape index (κ2) is 16.1. The van der Waals surface area contributed by atoms with Gasteiger partial charge in [-0.25, -0.2) is 0 Å². The van der Waals surface area contributed by atoms with Gasteiger partial charge in [-0.2, -0.15) is 0 Å². The van der Waals surface area contributed by atoms with E-state index in [-0.39, 0.29) is 0 Å². The summed E-state index contributed by atoms with van der Waals surface area (Å²) in [6, 6.07) is 33.2. The SMILES string of the molecule is CCCCCCCCC/C=C/CC[N+](Cc1ccccc1)(Cc1ccccc1)Cc1ccccc1. The molecule has 0 bridgehead atoms. The number of quaternary nitrogens is 1. The maximum atomic E-state index is 2.45. The quantitative estimate of drug-likeness (QED) is 0.105. The molecule has 0 unspecified atom stereocenters. The van der Waals surface area contributed by atoms with Crippen LogP contribution in [-0.2, 0) is 19.6 Å². The van der Waals surface area contributed by atoms with E-state index < -0.39 is 0 Å². The third kappa shape index (κ3) is 10.7. The smallest absolute Gasteiger partial charge is 0.105 e. The first kappa shape index (κ1) is 27.0. The van der Waals surface area contributed by atoms with Crippen LogP contribution in [-0.4, -0.2) is 11.0 Å². The second-order valence-corrected chi connectivity index (χ2v) is 10.2. The number of rotatable bonds is 17. The predicted molar refractivity (Wildman–Crippen MR) is 152 cm³/mol. The van der Waals surface area contributed by atoms with Crippen LogP contribution in [0.5, 0.6) is 0 Å². The van der Waals surface area contributed by atoms with Gasteiger partial charge < -0.3 is 4.48 Å². The van der Waals surface area contributed by atoms with Crippen molar-refractivity contribution in [3.05, 3.63) is 120 Å². The van der Waals surface area contributed by atoms with Gasteiger partial charge in [-0.15, -0.1) is 0 Å². The molecule has 186 valence electrons. The number of benzene rings is 3. The minimum Gasteiger partial charge on any atom is -0.312 e. The van der Waals surface area contributed by atoms with Crippen LogP contribution in [0, 0.1) is 0 Å². The highest BCUT2D eigenvalue weighted by Crippen LogP contribution is 2.25. The molecule has 0 aliphatic rings. The zero-order chi connectivity index (χ0) is 24.4. The van der Waals surface area contributed by atoms with Gasteiger partial charge in [0.15, 0.2) is 0 Å². The summed E-state index contributed by atoms with van der Waals surface area (Å²) in [5.41, 5.74) is 4.27. The predicted octanol–water partition coefficient (Wildman–Crippen LogP) is 9.49. The van der Waals surface area contributed by atoms with Gasteiger partial charge in [-0.05, 0) is 12.8 Å². The summed E-state index contributed by atoms with van der Waals surface area (Å²) in [4.78, 5) is 0. The number of nitrogens with zero attached hydrogens (tertiary/aromatic N) is 1. The Hall–Kier alpha value is -2.64. The van der Waals surface area contributed by atoms with Crippen molar-refractivity contribution in [3.8, 4) is 0 Å². The molecule has 0 saturated carbocycles. The van der Waals surface area contributed by atoms with E-state index >= 15 is 0 Å². The molecule has 35 heavy (non-hydrogen) atoms. The van der Waals surface area contributed by atoms with E-state index in [1.165, 1.54) is 68.1 Å². The molecule has 3 aromatic carbocycles. The van der Waals surface area contributed by atoms with E-state index in [0.29, 0.717) is 0 Å². The molecule has 1 nitrogen and oxygen atoms in total. The van der Waals surface area contributed by atoms with Crippen molar-refractivity contribution in [3.63, 3.8) is 0 Å². The fraction of sp³-hybridized carbons (Fsp3) is 0.412. The summed E-state index contributed by atoms with van der Waals surface area (Å²) in [6.45, 7) is 6.59. The summed E-state index contributed by atoms with van der Waals surface area (Å²) < 4.78 is 1.04. The van der Waals surface area contributed by atoms with Crippen molar-refractivity contribution in [2.24, 2.45) is 0 Å². The molecule has 0 aliphatic carbocycles. The van der Waals surface area contributed by atoms with Crippen molar-refractivity contribution in [2.75, 3.05) is 6.54 Å². The van der Waals surface area contributed by atoms with E-state index in [2.05, 4.69) is 110 Å². The molecule has 0 aliphatic heterocycles. The molecule has 0 saturated heterocycles. The first-order chi connectivity index (χ1) is 17.3. The lowest BCUT2D eigenvalue weighted by molar-refractivity contribution is -0.965. The van der Waals surface area contributed by atoms with Crippen LogP contribution >= 0.6 is 0 Å². The number of hydrogen-bond acceptors (Lipinski definition) is 0. The highest BCUT2D eigenvalue weighted by molar-refractivity contribution is 5.17. The van der Waals surface area contributed by atoms with Crippen molar-refractivity contribution in [2.45, 2.75) is 84.3 Å². The van der Waals surface area contributed by atoms with E-state index in [1.807, 2.05) is 0 Å². The minimum atomic E-state index is 1.04. The van der Waals surface area contributed by atoms with E-state index in [9.17, 15) is 0 Å². The van der Waals surface area contributed by atoms with Crippen molar-refractivity contribution >= 4 is 0 Å². The first-order valence-electron chi connectivity index (χ1n) is 13.9. The van der Waals surface area contributed by atoms with Crippen LogP contribution in [0.4, 0.5) is 0 Å². The molecule has 0 fully saturated rings. The maximum Gasteiger partial charge on any atom is 0.105 e. The van der Waals surface area contributed by atoms with E-state index in [1.54, 1.807) is 0 Å². The lowest BCUT2D eigenvalue weighted by Crippen LogP contribution is -2.46. The van der Waals surface area contributed by atoms with Gasteiger partial charge >= 0.3 is 0 Å². The molecule has 0 N–H and O–H groups in total. The Morgan fingerprint density at radius 1 is 0.486 bits per heavy atom. The molecule has 3 rings (SSSR count). The Balaban J connectivity index is 1.65. The van der Waals surface area contributed by atoms with Crippen molar-refractivity contribution in [1.82, 2.24) is 0 Å². The van der Waals surface area contributed by atoms with Crippen molar-refractivity contribution in [1.29, 1.82) is 0 Å². The Labute approximate surface area is 215 Å². The largest absolute Gasteiger partial charge is 0.312 e. The van der Waals surface area contributed by atoms with Crippen molar-refractivity contribution < 1.29 is 4.48 Å². The molecule has 0 amide bonds. The average Bonchev–Trinajstić information content (AvgIpc) is 2.89. The van der Waals surface area contributed by atoms with Crippen LogP contribution in [0.15, 0.2) is 103 Å². The Kier molecular flexibility index (Phi) is 12.4. The first-order valence-corrected chi connectivity index (χ1v) is 13.9. The average molecular weight is 469 g/mol. The molecular weight excluding hydrogens is 422 g/mol. The summed E-state index contributed by atoms with van der Waals surface area (Å²) in [7, 11) is 0. The number of hydrogen-bond donors (Lipinski definition) is 0.